The Morgan fingerprint density at radius 1 is 1.27 bits per heavy atom. The molecular formula is C9H8F3NO2. The van der Waals surface area contributed by atoms with Crippen LogP contribution in [0.1, 0.15) is 5.56 Å². The van der Waals surface area contributed by atoms with Crippen molar-refractivity contribution in [3.05, 3.63) is 29.8 Å². The fraction of sp³-hybridized carbons (Fsp3) is 0.333. The summed E-state index contributed by atoms with van der Waals surface area (Å²) in [5.41, 5.74) is -0.709. The van der Waals surface area contributed by atoms with Gasteiger partial charge in [-0.1, -0.05) is 12.1 Å². The summed E-state index contributed by atoms with van der Waals surface area (Å²) in [6, 6.07) is 5.23. The molecule has 0 saturated carbocycles. The monoisotopic (exact) mass is 219 g/mol. The first-order valence-corrected chi connectivity index (χ1v) is 4.28. The molecular weight excluding hydrogens is 211 g/mol. The van der Waals surface area contributed by atoms with E-state index >= 15 is 0 Å². The number of anilines is 1. The minimum absolute atomic E-state index is 0.00157. The predicted octanol–water partition coefficient (Wildman–Crippen LogP) is 2.41. The summed E-state index contributed by atoms with van der Waals surface area (Å²) in [6.07, 6.45) is -4.87. The van der Waals surface area contributed by atoms with Gasteiger partial charge in [-0.05, 0) is 12.1 Å². The van der Waals surface area contributed by atoms with E-state index in [0.29, 0.717) is 0 Å². The Kier molecular flexibility index (Phi) is 2.54. The second kappa shape index (κ2) is 3.71. The Morgan fingerprint density at radius 3 is 2.47 bits per heavy atom. The maximum atomic E-state index is 12.5. The van der Waals surface area contributed by atoms with E-state index in [0.717, 1.165) is 6.07 Å². The summed E-state index contributed by atoms with van der Waals surface area (Å²) in [7, 11) is 0. The van der Waals surface area contributed by atoms with E-state index in [1.165, 1.54) is 18.2 Å². The Labute approximate surface area is 83.7 Å². The van der Waals surface area contributed by atoms with Gasteiger partial charge in [0.2, 0.25) is 0 Å². The molecule has 0 bridgehead atoms. The zero-order chi connectivity index (χ0) is 10.9. The van der Waals surface area contributed by atoms with Crippen LogP contribution in [0, 0.1) is 0 Å². The summed E-state index contributed by atoms with van der Waals surface area (Å²) < 4.78 is 37.5. The summed E-state index contributed by atoms with van der Waals surface area (Å²) in [6.45, 7) is 0.242. The lowest BCUT2D eigenvalue weighted by molar-refractivity contribution is -0.416. The van der Waals surface area contributed by atoms with Gasteiger partial charge >= 0.3 is 6.18 Å². The van der Waals surface area contributed by atoms with Crippen molar-refractivity contribution < 1.29 is 22.9 Å². The molecule has 1 aliphatic rings. The van der Waals surface area contributed by atoms with Gasteiger partial charge in [0.05, 0.1) is 5.56 Å². The largest absolute Gasteiger partial charge is 0.418 e. The molecule has 0 aliphatic carbocycles. The third kappa shape index (κ3) is 2.21. The standard InChI is InChI=1S/C9H8F3NO2/c10-9(11,12)6-3-1-2-4-7(6)13-8-5-14-15-8/h1-4,8,13H,5H2. The van der Waals surface area contributed by atoms with E-state index in [1.54, 1.807) is 0 Å². The highest BCUT2D eigenvalue weighted by Crippen LogP contribution is 2.35. The maximum absolute atomic E-state index is 12.5. The van der Waals surface area contributed by atoms with Crippen LogP contribution in [-0.2, 0) is 16.0 Å². The number of nitrogens with one attached hydrogen (secondary N) is 1. The van der Waals surface area contributed by atoms with Gasteiger partial charge in [-0.3, -0.25) is 0 Å². The lowest BCUT2D eigenvalue weighted by atomic mass is 10.1. The zero-order valence-corrected chi connectivity index (χ0v) is 7.54. The highest BCUT2D eigenvalue weighted by Gasteiger charge is 2.34. The maximum Gasteiger partial charge on any atom is 0.418 e. The number of halogens is 3. The van der Waals surface area contributed by atoms with Crippen molar-refractivity contribution in [2.75, 3.05) is 11.9 Å². The van der Waals surface area contributed by atoms with Crippen LogP contribution in [-0.4, -0.2) is 12.8 Å². The van der Waals surface area contributed by atoms with E-state index in [1.807, 2.05) is 0 Å². The van der Waals surface area contributed by atoms with Gasteiger partial charge in [-0.15, -0.1) is 0 Å². The molecule has 0 spiro atoms. The van der Waals surface area contributed by atoms with E-state index in [4.69, 9.17) is 0 Å². The first-order chi connectivity index (χ1) is 7.07. The van der Waals surface area contributed by atoms with E-state index in [2.05, 4.69) is 15.1 Å². The normalized spacial score (nSPS) is 20.9. The van der Waals surface area contributed by atoms with Gasteiger partial charge in [0.1, 0.15) is 6.61 Å². The fourth-order valence-corrected chi connectivity index (χ4v) is 1.23. The number of rotatable bonds is 2. The van der Waals surface area contributed by atoms with Crippen LogP contribution in [0.15, 0.2) is 24.3 Å². The van der Waals surface area contributed by atoms with Crippen molar-refractivity contribution >= 4 is 5.69 Å². The van der Waals surface area contributed by atoms with Gasteiger partial charge in [0.15, 0.2) is 6.23 Å². The van der Waals surface area contributed by atoms with Crippen LogP contribution in [0.4, 0.5) is 18.9 Å². The second-order valence-electron chi connectivity index (χ2n) is 3.06. The van der Waals surface area contributed by atoms with E-state index in [-0.39, 0.29) is 12.3 Å². The topological polar surface area (TPSA) is 30.5 Å². The van der Waals surface area contributed by atoms with Crippen LogP contribution in [0.25, 0.3) is 0 Å². The highest BCUT2D eigenvalue weighted by molar-refractivity contribution is 5.52. The fourth-order valence-electron chi connectivity index (χ4n) is 1.23. The molecule has 6 heteroatoms. The highest BCUT2D eigenvalue weighted by atomic mass is 19.4. The van der Waals surface area contributed by atoms with Gasteiger partial charge in [-0.2, -0.15) is 13.2 Å². The van der Waals surface area contributed by atoms with Gasteiger partial charge < -0.3 is 5.32 Å². The van der Waals surface area contributed by atoms with Crippen molar-refractivity contribution in [3.63, 3.8) is 0 Å². The minimum atomic E-state index is -4.37. The van der Waals surface area contributed by atoms with Crippen LogP contribution in [0.3, 0.4) is 0 Å². The first-order valence-electron chi connectivity index (χ1n) is 4.28. The van der Waals surface area contributed by atoms with Crippen LogP contribution < -0.4 is 5.32 Å². The Hall–Kier alpha value is -1.27. The minimum Gasteiger partial charge on any atom is -0.355 e. The van der Waals surface area contributed by atoms with Crippen molar-refractivity contribution in [1.82, 2.24) is 0 Å². The average Bonchev–Trinajstić information content (AvgIpc) is 2.10. The molecule has 1 heterocycles. The molecule has 0 aromatic heterocycles. The molecule has 0 amide bonds. The SMILES string of the molecule is FC(F)(F)c1ccccc1NC1COO1. The predicted molar refractivity (Wildman–Crippen MR) is 45.9 cm³/mol. The van der Waals surface area contributed by atoms with Crippen LogP contribution >= 0.6 is 0 Å². The first kappa shape index (κ1) is 10.3. The van der Waals surface area contributed by atoms with Gasteiger partial charge in [0, 0.05) is 5.69 Å². The summed E-state index contributed by atoms with van der Waals surface area (Å²) >= 11 is 0. The average molecular weight is 219 g/mol. The Bertz CT molecular complexity index is 349. The molecule has 2 rings (SSSR count). The third-order valence-electron chi connectivity index (χ3n) is 1.95. The number of hydrogen-bond donors (Lipinski definition) is 1. The van der Waals surface area contributed by atoms with E-state index in [9.17, 15) is 13.2 Å². The molecule has 1 aromatic rings. The molecule has 1 aliphatic heterocycles. The molecule has 15 heavy (non-hydrogen) atoms. The zero-order valence-electron chi connectivity index (χ0n) is 7.54. The Morgan fingerprint density at radius 2 is 1.93 bits per heavy atom. The quantitative estimate of drug-likeness (QED) is 0.775. The summed E-state index contributed by atoms with van der Waals surface area (Å²) in [5, 5.41) is 2.59. The molecule has 1 atom stereocenters. The molecule has 1 aromatic carbocycles. The molecule has 1 fully saturated rings. The van der Waals surface area contributed by atoms with Gasteiger partial charge in [-0.25, -0.2) is 9.78 Å². The number of alkyl halides is 3. The molecule has 1 unspecified atom stereocenters. The molecule has 0 radical (unpaired) electrons. The molecule has 1 saturated heterocycles. The third-order valence-corrected chi connectivity index (χ3v) is 1.95. The van der Waals surface area contributed by atoms with Crippen molar-refractivity contribution in [1.29, 1.82) is 0 Å². The lowest BCUT2D eigenvalue weighted by Gasteiger charge is -2.27. The van der Waals surface area contributed by atoms with Gasteiger partial charge in [0.25, 0.3) is 0 Å². The molecule has 1 N–H and O–H groups in total. The Balaban J connectivity index is 2.21. The van der Waals surface area contributed by atoms with Crippen LogP contribution in [0.5, 0.6) is 0 Å². The van der Waals surface area contributed by atoms with Crippen molar-refractivity contribution in [2.24, 2.45) is 0 Å². The second-order valence-corrected chi connectivity index (χ2v) is 3.06. The summed E-state index contributed by atoms with van der Waals surface area (Å²) in [5.74, 6) is 0. The number of hydrogen-bond acceptors (Lipinski definition) is 3. The number of benzene rings is 1. The molecule has 82 valence electrons. The van der Waals surface area contributed by atoms with Crippen LogP contribution in [0.2, 0.25) is 0 Å². The molecule has 3 nitrogen and oxygen atoms in total. The number of para-hydroxylation sites is 1. The van der Waals surface area contributed by atoms with Crippen molar-refractivity contribution in [3.8, 4) is 0 Å². The van der Waals surface area contributed by atoms with E-state index < -0.39 is 18.0 Å². The lowest BCUT2D eigenvalue weighted by Crippen LogP contribution is -2.38. The smallest absolute Gasteiger partial charge is 0.355 e. The van der Waals surface area contributed by atoms with Crippen molar-refractivity contribution in [2.45, 2.75) is 12.4 Å². The summed E-state index contributed by atoms with van der Waals surface area (Å²) in [4.78, 5) is 8.91.